The van der Waals surface area contributed by atoms with Gasteiger partial charge < -0.3 is 4.42 Å². The molecule has 0 amide bonds. The molecule has 0 aliphatic carbocycles. The van der Waals surface area contributed by atoms with E-state index in [1.165, 1.54) is 28.4 Å². The Morgan fingerprint density at radius 1 is 1.07 bits per heavy atom. The summed E-state index contributed by atoms with van der Waals surface area (Å²) in [5.74, 6) is 1.10. The van der Waals surface area contributed by atoms with Crippen LogP contribution in [0.15, 0.2) is 20.2 Å². The zero-order chi connectivity index (χ0) is 19.8. The highest BCUT2D eigenvalue weighted by molar-refractivity contribution is 5.74. The molecular formula is C20H30N4O3. The van der Waals surface area contributed by atoms with Gasteiger partial charge in [-0.1, -0.05) is 59.8 Å². The third-order valence-electron chi connectivity index (χ3n) is 5.07. The molecule has 7 heteroatoms. The Balaban J connectivity index is 1.99. The van der Waals surface area contributed by atoms with Gasteiger partial charge in [0.1, 0.15) is 5.76 Å². The zero-order valence-corrected chi connectivity index (χ0v) is 17.0. The highest BCUT2D eigenvalue weighted by Crippen LogP contribution is 2.26. The molecule has 7 nitrogen and oxygen atoms in total. The van der Waals surface area contributed by atoms with Crippen molar-refractivity contribution >= 4 is 17.0 Å². The largest absolute Gasteiger partial charge is 0.428 e. The van der Waals surface area contributed by atoms with Gasteiger partial charge in [0.2, 0.25) is 0 Å². The monoisotopic (exact) mass is 374 g/mol. The van der Waals surface area contributed by atoms with Gasteiger partial charge in [-0.15, -0.1) is 0 Å². The topological polar surface area (TPSA) is 74.4 Å². The molecule has 27 heavy (non-hydrogen) atoms. The molecule has 0 bridgehead atoms. The van der Waals surface area contributed by atoms with Crippen LogP contribution in [0.3, 0.4) is 0 Å². The van der Waals surface area contributed by atoms with Crippen LogP contribution in [0.2, 0.25) is 0 Å². The minimum atomic E-state index is -0.321. The van der Waals surface area contributed by atoms with Crippen LogP contribution in [-0.2, 0) is 19.0 Å². The van der Waals surface area contributed by atoms with Gasteiger partial charge in [-0.25, -0.2) is 4.79 Å². The lowest BCUT2D eigenvalue weighted by atomic mass is 9.94. The number of aromatic nitrogens is 4. The number of hydrogen-bond acceptors (Lipinski definition) is 4. The first-order chi connectivity index (χ1) is 12.8. The fourth-order valence-corrected chi connectivity index (χ4v) is 3.35. The molecule has 0 saturated heterocycles. The summed E-state index contributed by atoms with van der Waals surface area (Å²) in [6.45, 7) is 8.75. The van der Waals surface area contributed by atoms with E-state index < -0.39 is 0 Å². The van der Waals surface area contributed by atoms with Crippen LogP contribution in [-0.4, -0.2) is 18.5 Å². The third-order valence-corrected chi connectivity index (χ3v) is 5.07. The lowest BCUT2D eigenvalue weighted by Crippen LogP contribution is -2.39. The van der Waals surface area contributed by atoms with Gasteiger partial charge in [0.25, 0.3) is 5.56 Å². The van der Waals surface area contributed by atoms with Gasteiger partial charge in [0.15, 0.2) is 11.2 Å². The highest BCUT2D eigenvalue weighted by atomic mass is 16.4. The summed E-state index contributed by atoms with van der Waals surface area (Å²) in [6, 6.07) is 0. The van der Waals surface area contributed by atoms with Crippen molar-refractivity contribution in [1.82, 2.24) is 18.5 Å². The molecule has 0 aliphatic rings. The average Bonchev–Trinajstić information content (AvgIpc) is 3.16. The minimum absolute atomic E-state index is 0.189. The normalized spacial score (nSPS) is 12.5. The van der Waals surface area contributed by atoms with Crippen molar-refractivity contribution in [3.63, 3.8) is 0 Å². The second kappa shape index (κ2) is 7.37. The molecule has 3 rings (SSSR count). The molecule has 0 radical (unpaired) electrons. The molecule has 3 aromatic heterocycles. The summed E-state index contributed by atoms with van der Waals surface area (Å²) in [7, 11) is 1.65. The Hall–Kier alpha value is -2.31. The molecule has 3 heterocycles. The first-order valence-electron chi connectivity index (χ1n) is 9.87. The van der Waals surface area contributed by atoms with Gasteiger partial charge >= 0.3 is 11.5 Å². The van der Waals surface area contributed by atoms with Crippen molar-refractivity contribution in [2.24, 2.45) is 7.05 Å². The molecule has 0 N–H and O–H groups in total. The van der Waals surface area contributed by atoms with E-state index in [2.05, 4.69) is 11.9 Å². The molecular weight excluding hydrogens is 344 g/mol. The van der Waals surface area contributed by atoms with E-state index >= 15 is 0 Å². The second-order valence-corrected chi connectivity index (χ2v) is 8.35. The van der Waals surface area contributed by atoms with Crippen molar-refractivity contribution < 1.29 is 4.42 Å². The summed E-state index contributed by atoms with van der Waals surface area (Å²) in [4.78, 5) is 30.1. The number of rotatable bonds is 7. The Morgan fingerprint density at radius 2 is 1.74 bits per heavy atom. The van der Waals surface area contributed by atoms with Crippen LogP contribution in [0.4, 0.5) is 0 Å². The summed E-state index contributed by atoms with van der Waals surface area (Å²) in [5.41, 5.74) is -0.0421. The Morgan fingerprint density at radius 3 is 2.41 bits per heavy atom. The molecule has 0 spiro atoms. The maximum atomic E-state index is 13.0. The zero-order valence-electron chi connectivity index (χ0n) is 17.0. The molecule has 0 fully saturated rings. The highest BCUT2D eigenvalue weighted by Gasteiger charge is 2.24. The Kier molecular flexibility index (Phi) is 5.31. The first-order valence-corrected chi connectivity index (χ1v) is 9.87. The van der Waals surface area contributed by atoms with E-state index in [9.17, 15) is 9.59 Å². The van der Waals surface area contributed by atoms with Gasteiger partial charge in [-0.2, -0.15) is 4.98 Å². The van der Waals surface area contributed by atoms with Gasteiger partial charge in [0.05, 0.1) is 6.20 Å². The number of imidazole rings is 1. The first kappa shape index (κ1) is 19.5. The fraction of sp³-hybridized carbons (Fsp3) is 0.650. The summed E-state index contributed by atoms with van der Waals surface area (Å²) < 4.78 is 10.3. The maximum Gasteiger partial charge on any atom is 0.332 e. The maximum absolute atomic E-state index is 13.0. The third kappa shape index (κ3) is 3.59. The van der Waals surface area contributed by atoms with Gasteiger partial charge in [-0.3, -0.25) is 18.3 Å². The van der Waals surface area contributed by atoms with E-state index in [0.29, 0.717) is 23.6 Å². The quantitative estimate of drug-likeness (QED) is 0.592. The van der Waals surface area contributed by atoms with Crippen molar-refractivity contribution in [1.29, 1.82) is 0 Å². The van der Waals surface area contributed by atoms with Crippen LogP contribution in [0.1, 0.15) is 72.0 Å². The summed E-state index contributed by atoms with van der Waals surface area (Å²) >= 11 is 0. The number of fused-ring (bicyclic) bond motifs is 3. The van der Waals surface area contributed by atoms with E-state index in [0.717, 1.165) is 25.0 Å². The van der Waals surface area contributed by atoms with Gasteiger partial charge in [-0.05, 0) is 6.42 Å². The number of oxazole rings is 1. The van der Waals surface area contributed by atoms with Crippen LogP contribution in [0, 0.1) is 0 Å². The summed E-state index contributed by atoms with van der Waals surface area (Å²) in [5, 5.41) is 0. The van der Waals surface area contributed by atoms with Crippen molar-refractivity contribution in [2.75, 3.05) is 0 Å². The van der Waals surface area contributed by atoms with Gasteiger partial charge in [0, 0.05) is 19.0 Å². The Bertz CT molecular complexity index is 1060. The molecule has 0 aromatic carbocycles. The number of hydrogen-bond donors (Lipinski definition) is 0. The number of nitrogens with zero attached hydrogens (tertiary/aromatic N) is 4. The predicted octanol–water partition coefficient (Wildman–Crippen LogP) is 3.60. The van der Waals surface area contributed by atoms with Crippen molar-refractivity contribution in [2.45, 2.75) is 78.2 Å². The van der Waals surface area contributed by atoms with Crippen molar-refractivity contribution in [3.05, 3.63) is 32.8 Å². The van der Waals surface area contributed by atoms with E-state index in [-0.39, 0.29) is 16.7 Å². The van der Waals surface area contributed by atoms with E-state index in [1.807, 2.05) is 27.0 Å². The SMILES string of the molecule is CCCCCCCCn1c(=O)c2c(nc3oc(C(C)(C)C)cn32)n(C)c1=O. The average molecular weight is 374 g/mol. The smallest absolute Gasteiger partial charge is 0.332 e. The standard InChI is InChI=1S/C20H30N4O3/c1-6-7-8-9-10-11-12-23-17(25)15-16(22(5)19(23)26)21-18-24(15)13-14(27-18)20(2,3)4/h13H,6-12H2,1-5H3. The fourth-order valence-electron chi connectivity index (χ4n) is 3.35. The molecule has 0 saturated carbocycles. The van der Waals surface area contributed by atoms with Crippen LogP contribution in [0.25, 0.3) is 17.0 Å². The lowest BCUT2D eigenvalue weighted by molar-refractivity contribution is 0.425. The van der Waals surface area contributed by atoms with E-state index in [4.69, 9.17) is 4.42 Å². The second-order valence-electron chi connectivity index (χ2n) is 8.35. The number of unbranched alkanes of at least 4 members (excludes halogenated alkanes) is 5. The summed E-state index contributed by atoms with van der Waals surface area (Å²) in [6.07, 6.45) is 8.44. The van der Waals surface area contributed by atoms with E-state index in [1.54, 1.807) is 11.4 Å². The van der Waals surface area contributed by atoms with Crippen LogP contribution < -0.4 is 11.2 Å². The van der Waals surface area contributed by atoms with Crippen LogP contribution >= 0.6 is 0 Å². The Labute approximate surface area is 158 Å². The lowest BCUT2D eigenvalue weighted by Gasteiger charge is -2.13. The minimum Gasteiger partial charge on any atom is -0.428 e. The molecule has 0 unspecified atom stereocenters. The van der Waals surface area contributed by atoms with Crippen molar-refractivity contribution in [3.8, 4) is 0 Å². The predicted molar refractivity (Wildman–Crippen MR) is 107 cm³/mol. The molecule has 0 atom stereocenters. The molecule has 0 aliphatic heterocycles. The number of aryl methyl sites for hydroxylation is 1. The van der Waals surface area contributed by atoms with Crippen LogP contribution in [0.5, 0.6) is 0 Å². The molecule has 148 valence electrons. The molecule has 3 aromatic rings.